The molecule has 0 amide bonds. The lowest BCUT2D eigenvalue weighted by Gasteiger charge is -2.18. The Bertz CT molecular complexity index is 395. The molecule has 0 aliphatic carbocycles. The molecule has 1 aromatic carbocycles. The van der Waals surface area contributed by atoms with Gasteiger partial charge in [0.2, 0.25) is 0 Å². The van der Waals surface area contributed by atoms with Crippen molar-refractivity contribution in [3.8, 4) is 5.75 Å². The van der Waals surface area contributed by atoms with Crippen LogP contribution in [0.4, 0.5) is 0 Å². The van der Waals surface area contributed by atoms with E-state index >= 15 is 0 Å². The monoisotopic (exact) mass is 299 g/mol. The van der Waals surface area contributed by atoms with Crippen molar-refractivity contribution >= 4 is 15.9 Å². The van der Waals surface area contributed by atoms with Crippen LogP contribution in [0.1, 0.15) is 18.9 Å². The SMILES string of the molecule is CC(O)C1CCN(Cc2cc(O)ccc2Br)C1. The topological polar surface area (TPSA) is 43.7 Å². The van der Waals surface area contributed by atoms with Crippen LogP contribution in [0.3, 0.4) is 0 Å². The van der Waals surface area contributed by atoms with Crippen molar-refractivity contribution in [3.63, 3.8) is 0 Å². The molecule has 3 nitrogen and oxygen atoms in total. The number of aromatic hydroxyl groups is 1. The highest BCUT2D eigenvalue weighted by Gasteiger charge is 2.26. The molecule has 94 valence electrons. The number of rotatable bonds is 3. The van der Waals surface area contributed by atoms with E-state index in [-0.39, 0.29) is 6.10 Å². The minimum Gasteiger partial charge on any atom is -0.508 e. The molecule has 0 aromatic heterocycles. The van der Waals surface area contributed by atoms with Crippen molar-refractivity contribution in [3.05, 3.63) is 28.2 Å². The molecule has 1 fully saturated rings. The molecule has 2 unspecified atom stereocenters. The smallest absolute Gasteiger partial charge is 0.115 e. The quantitative estimate of drug-likeness (QED) is 0.900. The number of hydrogen-bond acceptors (Lipinski definition) is 3. The highest BCUT2D eigenvalue weighted by molar-refractivity contribution is 9.10. The average molecular weight is 300 g/mol. The van der Waals surface area contributed by atoms with Crippen molar-refractivity contribution in [2.24, 2.45) is 5.92 Å². The molecule has 2 N–H and O–H groups in total. The normalized spacial score (nSPS) is 22.9. The van der Waals surface area contributed by atoms with Gasteiger partial charge in [-0.15, -0.1) is 0 Å². The van der Waals surface area contributed by atoms with Crippen LogP contribution in [-0.2, 0) is 6.54 Å². The van der Waals surface area contributed by atoms with Gasteiger partial charge >= 0.3 is 0 Å². The second kappa shape index (κ2) is 5.38. The number of halogens is 1. The predicted molar refractivity (Wildman–Crippen MR) is 70.9 cm³/mol. The van der Waals surface area contributed by atoms with Crippen molar-refractivity contribution in [1.82, 2.24) is 4.90 Å². The van der Waals surface area contributed by atoms with E-state index in [4.69, 9.17) is 0 Å². The average Bonchev–Trinajstić information content (AvgIpc) is 2.72. The number of benzene rings is 1. The van der Waals surface area contributed by atoms with E-state index in [2.05, 4.69) is 20.8 Å². The molecule has 17 heavy (non-hydrogen) atoms. The van der Waals surface area contributed by atoms with Gasteiger partial charge in [-0.25, -0.2) is 0 Å². The third kappa shape index (κ3) is 3.21. The molecule has 0 bridgehead atoms. The minimum absolute atomic E-state index is 0.229. The van der Waals surface area contributed by atoms with Crippen molar-refractivity contribution < 1.29 is 10.2 Å². The molecule has 0 saturated carbocycles. The van der Waals surface area contributed by atoms with Crippen LogP contribution < -0.4 is 0 Å². The largest absolute Gasteiger partial charge is 0.508 e. The first kappa shape index (κ1) is 12.9. The fourth-order valence-corrected chi connectivity index (χ4v) is 2.70. The van der Waals surface area contributed by atoms with E-state index in [1.54, 1.807) is 12.1 Å². The van der Waals surface area contributed by atoms with Gasteiger partial charge in [-0.05, 0) is 49.6 Å². The summed E-state index contributed by atoms with van der Waals surface area (Å²) in [6.07, 6.45) is 0.821. The van der Waals surface area contributed by atoms with Gasteiger partial charge in [0.05, 0.1) is 6.10 Å². The summed E-state index contributed by atoms with van der Waals surface area (Å²) in [5, 5.41) is 19.0. The van der Waals surface area contributed by atoms with Gasteiger partial charge in [-0.3, -0.25) is 4.90 Å². The Balaban J connectivity index is 2.00. The summed E-state index contributed by atoms with van der Waals surface area (Å²) in [5.41, 5.74) is 1.09. The Morgan fingerprint density at radius 2 is 2.29 bits per heavy atom. The highest BCUT2D eigenvalue weighted by atomic mass is 79.9. The summed E-state index contributed by atoms with van der Waals surface area (Å²) in [6.45, 7) is 4.62. The fourth-order valence-electron chi connectivity index (χ4n) is 2.32. The highest BCUT2D eigenvalue weighted by Crippen LogP contribution is 2.26. The van der Waals surface area contributed by atoms with Gasteiger partial charge in [0.1, 0.15) is 5.75 Å². The predicted octanol–water partition coefficient (Wildman–Crippen LogP) is 2.36. The van der Waals surface area contributed by atoms with Crippen LogP contribution >= 0.6 is 15.9 Å². The number of aliphatic hydroxyl groups is 1. The Kier molecular flexibility index (Phi) is 4.07. The summed E-state index contributed by atoms with van der Waals surface area (Å²) in [6, 6.07) is 5.34. The Morgan fingerprint density at radius 3 is 2.94 bits per heavy atom. The molecule has 1 aromatic rings. The number of hydrogen-bond donors (Lipinski definition) is 2. The van der Waals surface area contributed by atoms with E-state index in [0.717, 1.165) is 36.1 Å². The van der Waals surface area contributed by atoms with E-state index in [1.807, 2.05) is 13.0 Å². The molecule has 2 rings (SSSR count). The third-order valence-electron chi connectivity index (χ3n) is 3.41. The van der Waals surface area contributed by atoms with Gasteiger partial charge in [-0.1, -0.05) is 15.9 Å². The second-order valence-corrected chi connectivity index (χ2v) is 5.65. The van der Waals surface area contributed by atoms with Gasteiger partial charge in [-0.2, -0.15) is 0 Å². The zero-order valence-electron chi connectivity index (χ0n) is 9.93. The van der Waals surface area contributed by atoms with Crippen LogP contribution in [0.25, 0.3) is 0 Å². The third-order valence-corrected chi connectivity index (χ3v) is 4.19. The van der Waals surface area contributed by atoms with Crippen molar-refractivity contribution in [2.75, 3.05) is 13.1 Å². The van der Waals surface area contributed by atoms with Crippen molar-refractivity contribution in [1.29, 1.82) is 0 Å². The molecule has 4 heteroatoms. The first-order valence-electron chi connectivity index (χ1n) is 5.94. The maximum Gasteiger partial charge on any atom is 0.115 e. The zero-order valence-corrected chi connectivity index (χ0v) is 11.5. The maximum atomic E-state index is 9.56. The molecule has 2 atom stereocenters. The summed E-state index contributed by atoms with van der Waals surface area (Å²) in [5.74, 6) is 0.681. The lowest BCUT2D eigenvalue weighted by molar-refractivity contribution is 0.127. The molecular formula is C13H18BrNO2. The minimum atomic E-state index is -0.229. The second-order valence-electron chi connectivity index (χ2n) is 4.80. The first-order chi connectivity index (χ1) is 8.06. The Hall–Kier alpha value is -0.580. The standard InChI is InChI=1S/C13H18BrNO2/c1-9(16)10-4-5-15(7-10)8-11-6-12(17)2-3-13(11)14/h2-3,6,9-10,16-17H,4-5,7-8H2,1H3. The van der Waals surface area contributed by atoms with Gasteiger partial charge in [0.15, 0.2) is 0 Å². The van der Waals surface area contributed by atoms with Crippen LogP contribution in [0.2, 0.25) is 0 Å². The number of phenolic OH excluding ortho intramolecular Hbond substituents is 1. The number of likely N-dealkylation sites (tertiary alicyclic amines) is 1. The van der Waals surface area contributed by atoms with Crippen molar-refractivity contribution in [2.45, 2.75) is 26.0 Å². The van der Waals surface area contributed by atoms with Crippen LogP contribution in [0.15, 0.2) is 22.7 Å². The molecule has 1 heterocycles. The van der Waals surface area contributed by atoms with E-state index in [1.165, 1.54) is 0 Å². The Labute approximate surface area is 110 Å². The molecule has 1 aliphatic rings. The summed E-state index contributed by atoms with van der Waals surface area (Å²) in [4.78, 5) is 2.32. The van der Waals surface area contributed by atoms with Crippen LogP contribution in [0.5, 0.6) is 5.75 Å². The summed E-state index contributed by atoms with van der Waals surface area (Å²) >= 11 is 3.49. The zero-order chi connectivity index (χ0) is 12.4. The van der Waals surface area contributed by atoms with Gasteiger partial charge in [0, 0.05) is 17.6 Å². The fraction of sp³-hybridized carbons (Fsp3) is 0.538. The maximum absolute atomic E-state index is 9.56. The number of nitrogens with zero attached hydrogens (tertiary/aromatic N) is 1. The van der Waals surface area contributed by atoms with Gasteiger partial charge < -0.3 is 10.2 Å². The van der Waals surface area contributed by atoms with E-state index in [9.17, 15) is 10.2 Å². The lowest BCUT2D eigenvalue weighted by Crippen LogP contribution is -2.24. The number of aliphatic hydroxyl groups excluding tert-OH is 1. The van der Waals surface area contributed by atoms with E-state index in [0.29, 0.717) is 11.7 Å². The Morgan fingerprint density at radius 1 is 1.53 bits per heavy atom. The molecule has 1 saturated heterocycles. The molecular weight excluding hydrogens is 282 g/mol. The van der Waals surface area contributed by atoms with Crippen LogP contribution in [0, 0.1) is 5.92 Å². The summed E-state index contributed by atoms with van der Waals surface area (Å²) in [7, 11) is 0. The van der Waals surface area contributed by atoms with E-state index < -0.39 is 0 Å². The molecule has 0 spiro atoms. The van der Waals surface area contributed by atoms with Crippen LogP contribution in [-0.4, -0.2) is 34.3 Å². The molecule has 0 radical (unpaired) electrons. The van der Waals surface area contributed by atoms with Gasteiger partial charge in [0.25, 0.3) is 0 Å². The lowest BCUT2D eigenvalue weighted by atomic mass is 10.0. The summed E-state index contributed by atoms with van der Waals surface area (Å²) < 4.78 is 1.02. The first-order valence-corrected chi connectivity index (χ1v) is 6.73. The molecule has 1 aliphatic heterocycles. The number of phenols is 1.